The standard InChI is InChI=1S/C28H36FN6O12P.C24H39FN7O9P.C20H30FN6O10P/c1-15(2)10-17(26(38)42-4)34-48(40,45-13-19(36)41-3)44-12-18-21(37)22(47-28(39)43-11-16-8-6-5-7-9-16)25(46-18)35-14-31-20-23(30)32-27(29)33-24(20)35;1-11(2)7-13(22(35)38-5)30-42(37,31-14(8-12(3)4)23(36)39-6)40-9-15-17(33)18(34)21(41-15)32-10-27-16-19(26)28-24(25)29-20(16)32;1-9(2)5-10(19(31)34-4)26-38(32,36-7-12(28)33-3)35-6-11-14(29)15(30)18(37-11)27-8-23-13-16(22)24-20(21)25-17(13)27/h5-9,14-15,17-18,21-22,25,37H,10-13H2,1-4H3,(H,34,40)(H2,30,32,33);10-15,17-18,21,33-34H,7-9H2,1-6H3,(H2,26,28,29)(H2,30,31,37);8-11,14-15,18,29-30H,5-7H2,1-4H3,(H,26,32)(H2,22,24,25)/t17-,18+,21+,22-,25+,48?;13-,14-,15+,17+,18-,21+;10-,11+,14+,15-,18+,38?/m000/s1. The van der Waals surface area contributed by atoms with E-state index in [4.69, 9.17) is 82.5 Å². The van der Waals surface area contributed by atoms with Gasteiger partial charge in [0, 0.05) is 0 Å². The number of rotatable bonds is 41. The van der Waals surface area contributed by atoms with Crippen molar-refractivity contribution in [2.45, 2.75) is 185 Å². The summed E-state index contributed by atoms with van der Waals surface area (Å²) in [7, 11) is -6.45. The summed E-state index contributed by atoms with van der Waals surface area (Å²) in [6.45, 7) is 10.9. The number of methoxy groups -OCH3 is 6. The number of aliphatic hydroxyl groups is 5. The monoisotopic (exact) mass is 1880 g/mol. The zero-order valence-corrected chi connectivity index (χ0v) is 74.3. The molecule has 0 amide bonds. The third-order valence-electron chi connectivity index (χ3n) is 19.0. The van der Waals surface area contributed by atoms with Crippen LogP contribution >= 0.6 is 23.2 Å². The van der Waals surface area contributed by atoms with Crippen molar-refractivity contribution in [2.75, 3.05) is 92.9 Å². The lowest BCUT2D eigenvalue weighted by atomic mass is 10.1. The van der Waals surface area contributed by atoms with Crippen LogP contribution in [0.2, 0.25) is 0 Å². The van der Waals surface area contributed by atoms with E-state index in [2.05, 4.69) is 74.7 Å². The maximum absolute atomic E-state index is 14.2. The van der Waals surface area contributed by atoms with Crippen LogP contribution in [0.1, 0.15) is 105 Å². The van der Waals surface area contributed by atoms with Gasteiger partial charge in [0.15, 0.2) is 88.9 Å². The zero-order chi connectivity index (χ0) is 94.6. The maximum atomic E-state index is 14.2. The fourth-order valence-electron chi connectivity index (χ4n) is 12.9. The highest BCUT2D eigenvalue weighted by Gasteiger charge is 2.52. The molecule has 128 heavy (non-hydrogen) atoms. The maximum Gasteiger partial charge on any atom is 0.509 e. The van der Waals surface area contributed by atoms with Crippen molar-refractivity contribution in [3.05, 3.63) is 73.1 Å². The number of esters is 6. The first kappa shape index (κ1) is 104. The van der Waals surface area contributed by atoms with Crippen LogP contribution in [0.25, 0.3) is 33.5 Å². The molecule has 3 aliphatic rings. The third kappa shape index (κ3) is 27.6. The molecule has 7 aromatic rings. The van der Waals surface area contributed by atoms with E-state index in [1.807, 2.05) is 41.5 Å². The van der Waals surface area contributed by atoms with E-state index in [0.29, 0.717) is 5.56 Å². The van der Waals surface area contributed by atoms with Crippen molar-refractivity contribution in [1.82, 2.24) is 78.9 Å². The molecule has 3 aliphatic heterocycles. The van der Waals surface area contributed by atoms with E-state index >= 15 is 0 Å². The summed E-state index contributed by atoms with van der Waals surface area (Å²) in [6.07, 6.45) is -17.9. The number of anilines is 3. The van der Waals surface area contributed by atoms with Crippen molar-refractivity contribution in [2.24, 2.45) is 23.7 Å². The van der Waals surface area contributed by atoms with Crippen LogP contribution in [0.15, 0.2) is 49.3 Å². The second-order valence-corrected chi connectivity index (χ2v) is 35.7. The van der Waals surface area contributed by atoms with Gasteiger partial charge in [0.25, 0.3) is 0 Å². The predicted molar refractivity (Wildman–Crippen MR) is 433 cm³/mol. The molecule has 2 unspecified atom stereocenters. The molecule has 1 aromatic carbocycles. The third-order valence-corrected chi connectivity index (χ3v) is 23.9. The van der Waals surface area contributed by atoms with Gasteiger partial charge in [-0.15, -0.1) is 0 Å². The molecule has 10 rings (SSSR count). The number of aliphatic hydroxyl groups excluding tert-OH is 5. The summed E-state index contributed by atoms with van der Waals surface area (Å²) in [4.78, 5) is 119. The second-order valence-electron chi connectivity index (χ2n) is 30.3. The van der Waals surface area contributed by atoms with Crippen LogP contribution in [0, 0.1) is 41.9 Å². The SMILES string of the molecule is COC(=O)COP(=O)(N[C@@H](CC(C)C)C(=O)OC)OC[C@H]1O[C@@H](n2cnc3c(N)nc(F)nc32)[C@@H](O)[C@@H]1O.COC(=O)COP(=O)(N[C@@H](CC(C)C)C(=O)OC)OC[C@H]1O[C@@H](n2cnc3c(N)nc(F)nc32)[C@@H](OC(=O)OCc2ccccc2)[C@@H]1O.COC(=O)[C@H](CC(C)C)NP(=O)(N[C@@H](CC(C)C)C(=O)OC)OC[C@H]1O[C@@H](n2cnc3c(N)nc(F)nc32)[C@@H](O)[C@@H]1O. The first-order valence-corrected chi connectivity index (χ1v) is 43.9. The minimum atomic E-state index is -4.55. The number of aromatic nitrogens is 12. The minimum Gasteiger partial charge on any atom is -0.468 e. The highest BCUT2D eigenvalue weighted by atomic mass is 31.2. The van der Waals surface area contributed by atoms with Crippen molar-refractivity contribution in [3.8, 4) is 0 Å². The Balaban J connectivity index is 0.000000239. The first-order valence-electron chi connectivity index (χ1n) is 39.2. The molecule has 0 spiro atoms. The molecule has 710 valence electrons. The summed E-state index contributed by atoms with van der Waals surface area (Å²) < 4.78 is 170. The Morgan fingerprint density at radius 3 is 1.09 bits per heavy atom. The Morgan fingerprint density at radius 2 is 0.758 bits per heavy atom. The smallest absolute Gasteiger partial charge is 0.468 e. The summed E-state index contributed by atoms with van der Waals surface area (Å²) in [6, 6.07) is 4.21. The number of benzene rings is 1. The molecule has 0 aliphatic carbocycles. The van der Waals surface area contributed by atoms with Gasteiger partial charge in [-0.1, -0.05) is 85.7 Å². The number of fused-ring (bicyclic) bond motifs is 3. The Bertz CT molecular complexity index is 5050. The van der Waals surface area contributed by atoms with Crippen LogP contribution in [-0.2, 0) is 124 Å². The van der Waals surface area contributed by atoms with E-state index < -0.39 is 214 Å². The molecule has 50 nitrogen and oxygen atoms in total. The van der Waals surface area contributed by atoms with Crippen LogP contribution in [0.5, 0.6) is 0 Å². The number of ether oxygens (including phenoxy) is 11. The van der Waals surface area contributed by atoms with Crippen molar-refractivity contribution < 1.29 is 161 Å². The Morgan fingerprint density at radius 1 is 0.438 bits per heavy atom. The van der Waals surface area contributed by atoms with E-state index in [1.54, 1.807) is 44.2 Å². The lowest BCUT2D eigenvalue weighted by Crippen LogP contribution is -2.46. The van der Waals surface area contributed by atoms with Crippen LogP contribution in [-0.4, -0.2) is 281 Å². The number of nitrogens with two attached hydrogens (primary N) is 3. The summed E-state index contributed by atoms with van der Waals surface area (Å²) in [5, 5.41) is 64.3. The van der Waals surface area contributed by atoms with E-state index in [1.165, 1.54) is 25.1 Å². The Kier molecular flexibility index (Phi) is 37.7. The van der Waals surface area contributed by atoms with Crippen molar-refractivity contribution >= 4 is 116 Å². The predicted octanol–water partition coefficient (Wildman–Crippen LogP) is 2.32. The van der Waals surface area contributed by atoms with Gasteiger partial charge in [0.1, 0.15) is 79.6 Å². The van der Waals surface area contributed by atoms with Gasteiger partial charge in [-0.25, -0.2) is 58.8 Å². The first-order chi connectivity index (χ1) is 60.4. The summed E-state index contributed by atoms with van der Waals surface area (Å²) in [5.41, 5.74) is 17.5. The highest BCUT2D eigenvalue weighted by Crippen LogP contribution is 2.49. The number of halogens is 3. The Labute approximate surface area is 728 Å². The largest absolute Gasteiger partial charge is 0.509 e. The van der Waals surface area contributed by atoms with Gasteiger partial charge in [-0.2, -0.15) is 43.1 Å². The molecule has 3 saturated heterocycles. The number of nitrogens with one attached hydrogen (secondary N) is 4. The normalized spacial score (nSPS) is 22.4. The number of carbonyl (C=O) groups is 7. The second kappa shape index (κ2) is 46.6. The van der Waals surface area contributed by atoms with Crippen molar-refractivity contribution in [1.29, 1.82) is 0 Å². The highest BCUT2D eigenvalue weighted by molar-refractivity contribution is 7.54. The van der Waals surface area contributed by atoms with Crippen LogP contribution in [0.4, 0.5) is 35.4 Å². The van der Waals surface area contributed by atoms with Crippen LogP contribution in [0.3, 0.4) is 0 Å². The summed E-state index contributed by atoms with van der Waals surface area (Å²) >= 11 is 0. The number of nitrogens with zero attached hydrogens (tertiary/aromatic N) is 12. The fourth-order valence-corrected chi connectivity index (χ4v) is 17.5. The molecule has 9 heterocycles. The molecule has 0 bridgehead atoms. The quantitative estimate of drug-likeness (QED) is 0.0113. The lowest BCUT2D eigenvalue weighted by Gasteiger charge is -2.30. The van der Waals surface area contributed by atoms with Gasteiger partial charge < -0.3 is 99.4 Å². The van der Waals surface area contributed by atoms with Crippen LogP contribution < -0.4 is 37.6 Å². The van der Waals surface area contributed by atoms with E-state index in [9.17, 15) is 86.0 Å². The van der Waals surface area contributed by atoms with Gasteiger partial charge in [0.05, 0.1) is 81.5 Å². The number of nitrogen functional groups attached to an aromatic ring is 3. The molecule has 6 aromatic heterocycles. The van der Waals surface area contributed by atoms with E-state index in [-0.39, 0.29) is 107 Å². The number of hydrogen-bond donors (Lipinski definition) is 12. The van der Waals surface area contributed by atoms with E-state index in [0.717, 1.165) is 50.2 Å². The molecule has 56 heteroatoms. The Hall–Kier alpha value is -9.84. The number of carbonyl (C=O) groups excluding carboxylic acids is 7. The van der Waals surface area contributed by atoms with Gasteiger partial charge in [-0.3, -0.25) is 55.5 Å². The molecule has 15 N–H and O–H groups in total. The summed E-state index contributed by atoms with van der Waals surface area (Å²) in [5.74, 6) is -5.65. The molecule has 18 atom stereocenters. The van der Waals surface area contributed by atoms with Crippen molar-refractivity contribution in [3.63, 3.8) is 0 Å². The average Bonchev–Trinajstić information content (AvgIpc) is 1.62. The lowest BCUT2D eigenvalue weighted by molar-refractivity contribution is -0.145. The zero-order valence-electron chi connectivity index (χ0n) is 71.7. The molecular formula is C72H105F3N19O31P3. The fraction of sp³-hybridized carbons (Fsp3) is 0.611. The number of hydrogen-bond acceptors (Lipinski definition) is 43. The minimum absolute atomic E-state index is 0.0106. The molecule has 3 fully saturated rings. The number of imidazole rings is 3. The topological polar surface area (TPSA) is 677 Å². The molecule has 0 radical (unpaired) electrons. The van der Waals surface area contributed by atoms with Gasteiger partial charge in [0.2, 0.25) is 0 Å². The molecule has 0 saturated carbocycles. The molecular weight excluding hydrogens is 1780 g/mol. The van der Waals surface area contributed by atoms with Gasteiger partial charge in [-0.05, 0) is 54.9 Å². The average molecular weight is 1880 g/mol. The van der Waals surface area contributed by atoms with Gasteiger partial charge >= 0.3 is 83.4 Å².